The fourth-order valence-corrected chi connectivity index (χ4v) is 6.13. The van der Waals surface area contributed by atoms with Crippen LogP contribution >= 0.6 is 34.8 Å². The predicted octanol–water partition coefficient (Wildman–Crippen LogP) is 6.57. The van der Waals surface area contributed by atoms with Crippen molar-refractivity contribution in [2.45, 2.75) is 50.6 Å². The van der Waals surface area contributed by atoms with Gasteiger partial charge in [0.25, 0.3) is 10.0 Å². The number of benzene rings is 3. The molecule has 3 aromatic rings. The summed E-state index contributed by atoms with van der Waals surface area (Å²) in [6.07, 6.45) is 2.02. The van der Waals surface area contributed by atoms with Gasteiger partial charge in [-0.3, -0.25) is 13.9 Å². The smallest absolute Gasteiger partial charge is 0.264 e. The maximum atomic E-state index is 14.0. The molecule has 0 spiro atoms. The minimum absolute atomic E-state index is 0.0209. The van der Waals surface area contributed by atoms with Crippen molar-refractivity contribution in [1.82, 2.24) is 10.2 Å². The lowest BCUT2D eigenvalue weighted by molar-refractivity contribution is -0.140. The van der Waals surface area contributed by atoms with Crippen molar-refractivity contribution in [2.75, 3.05) is 17.4 Å². The highest BCUT2D eigenvalue weighted by Gasteiger charge is 2.34. The minimum Gasteiger partial charge on any atom is -0.354 e. The highest BCUT2D eigenvalue weighted by atomic mass is 35.5. The number of carbonyl (C=O) groups excluding carboxylic acids is 2. The molecule has 214 valence electrons. The molecule has 0 unspecified atom stereocenters. The Bertz CT molecular complexity index is 1400. The van der Waals surface area contributed by atoms with Gasteiger partial charge in [-0.25, -0.2) is 8.42 Å². The van der Waals surface area contributed by atoms with Gasteiger partial charge >= 0.3 is 0 Å². The normalized spacial score (nSPS) is 12.0. The van der Waals surface area contributed by atoms with Gasteiger partial charge in [0.15, 0.2) is 0 Å². The number of hydrogen-bond donors (Lipinski definition) is 1. The molecule has 3 rings (SSSR count). The highest BCUT2D eigenvalue weighted by molar-refractivity contribution is 7.92. The number of anilines is 1. The molecular weight excluding hydrogens is 593 g/mol. The van der Waals surface area contributed by atoms with Crippen LogP contribution in [-0.4, -0.2) is 44.3 Å². The van der Waals surface area contributed by atoms with Crippen molar-refractivity contribution < 1.29 is 18.0 Å². The first-order valence-electron chi connectivity index (χ1n) is 12.9. The van der Waals surface area contributed by atoms with Crippen LogP contribution in [0.2, 0.25) is 15.1 Å². The van der Waals surface area contributed by atoms with Crippen LogP contribution in [0, 0.1) is 0 Å². The van der Waals surface area contributed by atoms with E-state index in [0.717, 1.165) is 22.7 Å². The fraction of sp³-hybridized carbons (Fsp3) is 0.310. The van der Waals surface area contributed by atoms with E-state index in [1.54, 1.807) is 49.4 Å². The van der Waals surface area contributed by atoms with Gasteiger partial charge in [-0.05, 0) is 60.9 Å². The van der Waals surface area contributed by atoms with E-state index in [4.69, 9.17) is 34.8 Å². The first-order chi connectivity index (χ1) is 19.1. The van der Waals surface area contributed by atoms with Crippen LogP contribution in [0.4, 0.5) is 5.69 Å². The average molecular weight is 625 g/mol. The number of amides is 2. The summed E-state index contributed by atoms with van der Waals surface area (Å²) in [7, 11) is -4.25. The van der Waals surface area contributed by atoms with E-state index in [-0.39, 0.29) is 33.1 Å². The van der Waals surface area contributed by atoms with Crippen LogP contribution in [0.15, 0.2) is 77.7 Å². The van der Waals surface area contributed by atoms with Gasteiger partial charge in [-0.1, -0.05) is 85.4 Å². The molecule has 0 saturated heterocycles. The van der Waals surface area contributed by atoms with Crippen LogP contribution in [0.1, 0.15) is 38.7 Å². The summed E-state index contributed by atoms with van der Waals surface area (Å²) < 4.78 is 28.7. The van der Waals surface area contributed by atoms with Gasteiger partial charge in [0.1, 0.15) is 12.6 Å². The Hall–Kier alpha value is -2.78. The number of unbranched alkanes of at least 4 members (excludes halogenated alkanes) is 1. The molecule has 7 nitrogen and oxygen atoms in total. The third kappa shape index (κ3) is 8.13. The molecule has 40 heavy (non-hydrogen) atoms. The second-order valence-electron chi connectivity index (χ2n) is 9.14. The van der Waals surface area contributed by atoms with E-state index in [0.29, 0.717) is 18.0 Å². The van der Waals surface area contributed by atoms with Crippen molar-refractivity contribution in [3.8, 4) is 0 Å². The Labute approximate surface area is 251 Å². The van der Waals surface area contributed by atoms with Crippen LogP contribution < -0.4 is 9.62 Å². The summed E-state index contributed by atoms with van der Waals surface area (Å²) in [5.74, 6) is -0.889. The number of halogens is 3. The van der Waals surface area contributed by atoms with Gasteiger partial charge in [-0.15, -0.1) is 0 Å². The van der Waals surface area contributed by atoms with Crippen LogP contribution in [0.3, 0.4) is 0 Å². The zero-order valence-corrected chi connectivity index (χ0v) is 25.4. The molecule has 2 amide bonds. The Kier molecular flexibility index (Phi) is 11.7. The molecule has 1 N–H and O–H groups in total. The number of hydrogen-bond acceptors (Lipinski definition) is 4. The largest absolute Gasteiger partial charge is 0.354 e. The topological polar surface area (TPSA) is 86.8 Å². The molecule has 0 bridgehead atoms. The number of rotatable bonds is 13. The van der Waals surface area contributed by atoms with E-state index in [1.165, 1.54) is 35.2 Å². The average Bonchev–Trinajstić information content (AvgIpc) is 2.94. The molecule has 3 aromatic carbocycles. The van der Waals surface area contributed by atoms with Crippen molar-refractivity contribution in [2.24, 2.45) is 0 Å². The molecule has 0 aromatic heterocycles. The van der Waals surface area contributed by atoms with Crippen LogP contribution in [-0.2, 0) is 26.2 Å². The third-order valence-corrected chi connectivity index (χ3v) is 8.85. The molecule has 0 fully saturated rings. The van der Waals surface area contributed by atoms with Crippen LogP contribution in [0.5, 0.6) is 0 Å². The zero-order chi connectivity index (χ0) is 29.3. The van der Waals surface area contributed by atoms with Gasteiger partial charge in [-0.2, -0.15) is 0 Å². The molecule has 0 saturated carbocycles. The van der Waals surface area contributed by atoms with Gasteiger partial charge in [0.2, 0.25) is 11.8 Å². The summed E-state index contributed by atoms with van der Waals surface area (Å²) in [4.78, 5) is 28.6. The first-order valence-corrected chi connectivity index (χ1v) is 15.5. The molecule has 0 aliphatic rings. The number of sulfonamides is 1. The molecule has 1 atom stereocenters. The van der Waals surface area contributed by atoms with E-state index in [2.05, 4.69) is 5.32 Å². The third-order valence-electron chi connectivity index (χ3n) is 6.27. The van der Waals surface area contributed by atoms with E-state index in [9.17, 15) is 18.0 Å². The number of nitrogens with zero attached hydrogens (tertiary/aromatic N) is 2. The number of carbonyl (C=O) groups is 2. The second kappa shape index (κ2) is 14.7. The second-order valence-corrected chi connectivity index (χ2v) is 12.3. The predicted molar refractivity (Wildman–Crippen MR) is 161 cm³/mol. The van der Waals surface area contributed by atoms with Crippen LogP contribution in [0.25, 0.3) is 0 Å². The summed E-state index contributed by atoms with van der Waals surface area (Å²) in [5.41, 5.74) is 0.786. The van der Waals surface area contributed by atoms with E-state index in [1.807, 2.05) is 6.92 Å². The van der Waals surface area contributed by atoms with E-state index < -0.39 is 28.5 Å². The van der Waals surface area contributed by atoms with Gasteiger partial charge in [0, 0.05) is 23.1 Å². The molecule has 0 heterocycles. The molecular formula is C29H32Cl3N3O4S. The maximum Gasteiger partial charge on any atom is 0.264 e. The SMILES string of the molecule is CCCCNC(=O)[C@H](CC)N(Cc1ccc(Cl)cc1)C(=O)CN(c1cc(Cl)ccc1Cl)S(=O)(=O)c1ccccc1. The number of nitrogens with one attached hydrogen (secondary N) is 1. The molecule has 0 aliphatic heterocycles. The lowest BCUT2D eigenvalue weighted by Crippen LogP contribution is -2.52. The van der Waals surface area contributed by atoms with Gasteiger partial charge < -0.3 is 10.2 Å². The zero-order valence-electron chi connectivity index (χ0n) is 22.3. The summed E-state index contributed by atoms with van der Waals surface area (Å²) in [6.45, 7) is 3.75. The quantitative estimate of drug-likeness (QED) is 0.218. The fourth-order valence-electron chi connectivity index (χ4n) is 4.12. The maximum absolute atomic E-state index is 14.0. The molecule has 11 heteroatoms. The monoisotopic (exact) mass is 623 g/mol. The molecule has 0 radical (unpaired) electrons. The molecule has 0 aliphatic carbocycles. The Balaban J connectivity index is 2.06. The van der Waals surface area contributed by atoms with Crippen molar-refractivity contribution in [3.63, 3.8) is 0 Å². The summed E-state index contributed by atoms with van der Waals surface area (Å²) in [6, 6.07) is 18.2. The Morgan fingerprint density at radius 2 is 1.55 bits per heavy atom. The summed E-state index contributed by atoms with van der Waals surface area (Å²) in [5, 5.41) is 3.78. The first kappa shape index (κ1) is 31.7. The summed E-state index contributed by atoms with van der Waals surface area (Å²) >= 11 is 18.7. The Morgan fingerprint density at radius 3 is 2.17 bits per heavy atom. The highest BCUT2D eigenvalue weighted by Crippen LogP contribution is 2.33. The standard InChI is InChI=1S/C29H32Cl3N3O4S/c1-3-5-17-33-29(37)26(4-2)34(19-21-11-13-22(30)14-12-21)28(36)20-35(27-18-23(31)15-16-25(27)32)40(38,39)24-9-7-6-8-10-24/h6-16,18,26H,3-5,17,19-20H2,1-2H3,(H,33,37)/t26-/m0/s1. The van der Waals surface area contributed by atoms with Crippen molar-refractivity contribution in [1.29, 1.82) is 0 Å². The van der Waals surface area contributed by atoms with Crippen molar-refractivity contribution in [3.05, 3.63) is 93.4 Å². The minimum atomic E-state index is -4.25. The lowest BCUT2D eigenvalue weighted by atomic mass is 10.1. The van der Waals surface area contributed by atoms with E-state index >= 15 is 0 Å². The lowest BCUT2D eigenvalue weighted by Gasteiger charge is -2.33. The van der Waals surface area contributed by atoms with Gasteiger partial charge in [0.05, 0.1) is 15.6 Å². The van der Waals surface area contributed by atoms with Crippen molar-refractivity contribution >= 4 is 62.3 Å². The Morgan fingerprint density at radius 1 is 0.900 bits per heavy atom.